The van der Waals surface area contributed by atoms with Crippen LogP contribution < -0.4 is 5.32 Å². The first-order chi connectivity index (χ1) is 10.2. The van der Waals surface area contributed by atoms with E-state index in [0.717, 1.165) is 18.8 Å². The summed E-state index contributed by atoms with van der Waals surface area (Å²) in [5, 5.41) is 3.60. The Labute approximate surface area is 129 Å². The van der Waals surface area contributed by atoms with Gasteiger partial charge in [0.25, 0.3) is 0 Å². The summed E-state index contributed by atoms with van der Waals surface area (Å²) in [5.41, 5.74) is 0. The highest BCUT2D eigenvalue weighted by atomic mass is 35.5. The number of imidazole rings is 1. The van der Waals surface area contributed by atoms with E-state index >= 15 is 0 Å². The predicted molar refractivity (Wildman–Crippen MR) is 81.6 cm³/mol. The Morgan fingerprint density at radius 3 is 2.90 bits per heavy atom. The molecule has 2 aromatic rings. The van der Waals surface area contributed by atoms with Crippen LogP contribution in [-0.2, 0) is 0 Å². The first-order valence-electron chi connectivity index (χ1n) is 7.37. The van der Waals surface area contributed by atoms with Gasteiger partial charge >= 0.3 is 0 Å². The fraction of sp³-hybridized carbons (Fsp3) is 0.571. The molecule has 7 heteroatoms. The maximum Gasteiger partial charge on any atom is 0.241 e. The van der Waals surface area contributed by atoms with Crippen LogP contribution in [0.2, 0.25) is 5.28 Å². The molecule has 21 heavy (non-hydrogen) atoms. The SMILES string of the molecule is CC1CCCC(Nc2nc(Cl)nc(-n3ccnc3)n2)CC1. The number of halogens is 1. The van der Waals surface area contributed by atoms with Crippen molar-refractivity contribution in [3.05, 3.63) is 24.0 Å². The highest BCUT2D eigenvalue weighted by Crippen LogP contribution is 2.24. The fourth-order valence-corrected chi connectivity index (χ4v) is 2.87. The molecule has 0 aromatic carbocycles. The summed E-state index contributed by atoms with van der Waals surface area (Å²) < 4.78 is 1.72. The van der Waals surface area contributed by atoms with Crippen LogP contribution >= 0.6 is 11.6 Å². The van der Waals surface area contributed by atoms with Gasteiger partial charge < -0.3 is 5.32 Å². The van der Waals surface area contributed by atoms with E-state index in [9.17, 15) is 0 Å². The van der Waals surface area contributed by atoms with E-state index in [2.05, 4.69) is 32.2 Å². The van der Waals surface area contributed by atoms with Crippen LogP contribution in [0.4, 0.5) is 5.95 Å². The molecule has 112 valence electrons. The molecule has 0 aliphatic heterocycles. The Balaban J connectivity index is 1.76. The van der Waals surface area contributed by atoms with E-state index in [-0.39, 0.29) is 5.28 Å². The summed E-state index contributed by atoms with van der Waals surface area (Å²) in [6, 6.07) is 0.407. The Hall–Kier alpha value is -1.69. The van der Waals surface area contributed by atoms with Crippen LogP contribution in [0.3, 0.4) is 0 Å². The summed E-state index contributed by atoms with van der Waals surface area (Å²) in [5.74, 6) is 1.83. The molecular formula is C14H19ClN6. The van der Waals surface area contributed by atoms with Crippen molar-refractivity contribution in [1.29, 1.82) is 0 Å². The minimum atomic E-state index is 0.193. The van der Waals surface area contributed by atoms with E-state index in [4.69, 9.17) is 11.6 Å². The number of nitrogens with one attached hydrogen (secondary N) is 1. The fourth-order valence-electron chi connectivity index (χ4n) is 2.71. The molecule has 1 N–H and O–H groups in total. The van der Waals surface area contributed by atoms with Crippen LogP contribution in [0, 0.1) is 5.92 Å². The van der Waals surface area contributed by atoms with Gasteiger partial charge in [-0.05, 0) is 36.8 Å². The maximum absolute atomic E-state index is 6.00. The van der Waals surface area contributed by atoms with E-state index in [0.29, 0.717) is 17.9 Å². The van der Waals surface area contributed by atoms with Crippen LogP contribution in [-0.4, -0.2) is 30.5 Å². The lowest BCUT2D eigenvalue weighted by atomic mass is 10.0. The largest absolute Gasteiger partial charge is 0.351 e. The van der Waals surface area contributed by atoms with Gasteiger partial charge in [0.2, 0.25) is 17.2 Å². The van der Waals surface area contributed by atoms with Crippen molar-refractivity contribution >= 4 is 17.5 Å². The second-order valence-electron chi connectivity index (χ2n) is 5.65. The molecule has 2 unspecified atom stereocenters. The highest BCUT2D eigenvalue weighted by molar-refractivity contribution is 6.28. The molecule has 3 rings (SSSR count). The van der Waals surface area contributed by atoms with E-state index in [1.807, 2.05) is 0 Å². The molecule has 1 aliphatic rings. The van der Waals surface area contributed by atoms with Gasteiger partial charge in [-0.2, -0.15) is 15.0 Å². The zero-order chi connectivity index (χ0) is 14.7. The normalized spacial score (nSPS) is 22.8. The van der Waals surface area contributed by atoms with Gasteiger partial charge in [0.05, 0.1) is 0 Å². The van der Waals surface area contributed by atoms with Crippen molar-refractivity contribution in [2.24, 2.45) is 5.92 Å². The van der Waals surface area contributed by atoms with Crippen molar-refractivity contribution in [3.8, 4) is 5.95 Å². The van der Waals surface area contributed by atoms with Gasteiger partial charge in [0.15, 0.2) is 0 Å². The summed E-state index contributed by atoms with van der Waals surface area (Å²) in [6.45, 7) is 2.32. The molecule has 2 atom stereocenters. The van der Waals surface area contributed by atoms with E-state index < -0.39 is 0 Å². The topological polar surface area (TPSA) is 68.5 Å². The van der Waals surface area contributed by atoms with Gasteiger partial charge in [0.1, 0.15) is 6.33 Å². The molecule has 2 heterocycles. The summed E-state index contributed by atoms with van der Waals surface area (Å²) in [6.07, 6.45) is 11.2. The molecule has 1 saturated carbocycles. The van der Waals surface area contributed by atoms with Gasteiger partial charge in [-0.1, -0.05) is 19.8 Å². The maximum atomic E-state index is 6.00. The third-order valence-electron chi connectivity index (χ3n) is 3.92. The quantitative estimate of drug-likeness (QED) is 0.883. The number of rotatable bonds is 3. The number of aromatic nitrogens is 5. The minimum absolute atomic E-state index is 0.193. The zero-order valence-electron chi connectivity index (χ0n) is 12.0. The average molecular weight is 307 g/mol. The van der Waals surface area contributed by atoms with Crippen molar-refractivity contribution in [1.82, 2.24) is 24.5 Å². The minimum Gasteiger partial charge on any atom is -0.351 e. The Morgan fingerprint density at radius 1 is 1.19 bits per heavy atom. The lowest BCUT2D eigenvalue weighted by Gasteiger charge is -2.16. The highest BCUT2D eigenvalue weighted by Gasteiger charge is 2.17. The first kappa shape index (κ1) is 14.3. The standard InChI is InChI=1S/C14H19ClN6/c1-10-3-2-4-11(6-5-10)17-13-18-12(15)19-14(20-13)21-8-7-16-9-21/h7-11H,2-6H2,1H3,(H,17,18,19,20). The van der Waals surface area contributed by atoms with Crippen LogP contribution in [0.5, 0.6) is 0 Å². The predicted octanol–water partition coefficient (Wildman–Crippen LogP) is 3.09. The van der Waals surface area contributed by atoms with Crippen molar-refractivity contribution in [2.45, 2.75) is 45.1 Å². The second-order valence-corrected chi connectivity index (χ2v) is 5.99. The Kier molecular flexibility index (Phi) is 4.34. The molecule has 2 aromatic heterocycles. The summed E-state index contributed by atoms with van der Waals surface area (Å²) in [4.78, 5) is 16.7. The average Bonchev–Trinajstić information content (AvgIpc) is 2.91. The zero-order valence-corrected chi connectivity index (χ0v) is 12.8. The monoisotopic (exact) mass is 306 g/mol. The van der Waals surface area contributed by atoms with E-state index in [1.54, 1.807) is 23.3 Å². The molecule has 6 nitrogen and oxygen atoms in total. The van der Waals surface area contributed by atoms with Crippen molar-refractivity contribution in [3.63, 3.8) is 0 Å². The summed E-state index contributed by atoms with van der Waals surface area (Å²) in [7, 11) is 0. The first-order valence-corrected chi connectivity index (χ1v) is 7.75. The number of hydrogen-bond donors (Lipinski definition) is 1. The number of nitrogens with zero attached hydrogens (tertiary/aromatic N) is 5. The molecule has 0 radical (unpaired) electrons. The molecular weight excluding hydrogens is 288 g/mol. The number of hydrogen-bond acceptors (Lipinski definition) is 5. The van der Waals surface area contributed by atoms with Crippen molar-refractivity contribution < 1.29 is 0 Å². The smallest absolute Gasteiger partial charge is 0.241 e. The summed E-state index contributed by atoms with van der Waals surface area (Å²) >= 11 is 6.00. The lowest BCUT2D eigenvalue weighted by molar-refractivity contribution is 0.501. The van der Waals surface area contributed by atoms with E-state index in [1.165, 1.54) is 19.3 Å². The number of anilines is 1. The van der Waals surface area contributed by atoms with Crippen LogP contribution in [0.15, 0.2) is 18.7 Å². The molecule has 0 saturated heterocycles. The molecule has 0 amide bonds. The van der Waals surface area contributed by atoms with Crippen LogP contribution in [0.1, 0.15) is 39.0 Å². The second kappa shape index (κ2) is 6.39. The molecule has 1 fully saturated rings. The third kappa shape index (κ3) is 3.69. The van der Waals surface area contributed by atoms with Gasteiger partial charge in [-0.3, -0.25) is 4.57 Å². The third-order valence-corrected chi connectivity index (χ3v) is 4.09. The van der Waals surface area contributed by atoms with Crippen molar-refractivity contribution in [2.75, 3.05) is 5.32 Å². The van der Waals surface area contributed by atoms with Crippen LogP contribution in [0.25, 0.3) is 5.95 Å². The van der Waals surface area contributed by atoms with Gasteiger partial charge in [-0.15, -0.1) is 0 Å². The van der Waals surface area contributed by atoms with Gasteiger partial charge in [0, 0.05) is 18.4 Å². The Morgan fingerprint density at radius 2 is 2.10 bits per heavy atom. The molecule has 0 bridgehead atoms. The van der Waals surface area contributed by atoms with Gasteiger partial charge in [-0.25, -0.2) is 4.98 Å². The molecule has 1 aliphatic carbocycles. The Bertz CT molecular complexity index is 585. The lowest BCUT2D eigenvalue weighted by Crippen LogP contribution is -2.21. The molecule has 0 spiro atoms.